The van der Waals surface area contributed by atoms with Gasteiger partial charge in [-0.05, 0) is 11.0 Å². The molecule has 2 radical (unpaired) electrons. The quantitative estimate of drug-likeness (QED) is 0.449. The Balaban J connectivity index is 0. The Kier molecular flexibility index (Phi) is 186. The molecule has 0 aliphatic carbocycles. The fraction of sp³-hybridized carbons (Fsp3) is 0. The molecule has 4 heavy (non-hydrogen) atoms. The van der Waals surface area contributed by atoms with E-state index in [1.807, 2.05) is 0 Å². The molecule has 0 aromatic heterocycles. The van der Waals surface area contributed by atoms with Crippen LogP contribution in [0, 0.1) is 0 Å². The summed E-state index contributed by atoms with van der Waals surface area (Å²) in [6.07, 6.45) is 0. The van der Waals surface area contributed by atoms with Crippen LogP contribution in [-0.2, 0) is 56.7 Å². The second kappa shape index (κ2) is 19.9. The van der Waals surface area contributed by atoms with Crippen LogP contribution in [0.3, 0.4) is 0 Å². The average molecular weight is 234 g/mol. The van der Waals surface area contributed by atoms with Crippen LogP contribution in [0.1, 0.15) is 0 Å². The van der Waals surface area contributed by atoms with Crippen molar-refractivity contribution in [3.63, 3.8) is 0 Å². The Hall–Kier alpha value is 2.01. The first-order valence-electron chi connectivity index (χ1n) is 0. The topological polar surface area (TPSA) is 0 Å². The van der Waals surface area contributed by atoms with Gasteiger partial charge in [-0.1, -0.05) is 0 Å². The number of hydrogen-bond donors (Lipinski definition) is 0. The van der Waals surface area contributed by atoms with Gasteiger partial charge in [-0.15, -0.1) is 0 Å². The predicted molar refractivity (Wildman–Crippen MR) is 11.3 cm³/mol. The molecule has 0 aromatic rings. The molecule has 0 rings (SSSR count). The molecule has 26 valence electrons. The van der Waals surface area contributed by atoms with Gasteiger partial charge in [-0.3, -0.25) is 0 Å². The molecule has 0 atom stereocenters. The molecule has 0 aliphatic rings. The van der Waals surface area contributed by atoms with Gasteiger partial charge in [0.1, 0.15) is 0 Å². The first-order chi connectivity index (χ1) is 0. The second-order valence-electron chi connectivity index (χ2n) is 0. The first-order valence-corrected chi connectivity index (χ1v) is 0. The van der Waals surface area contributed by atoms with Crippen molar-refractivity contribution in [1.29, 1.82) is 0 Å². The summed E-state index contributed by atoms with van der Waals surface area (Å²) in [5.74, 6) is 0. The van der Waals surface area contributed by atoms with Crippen molar-refractivity contribution in [2.75, 3.05) is 0 Å². The Morgan fingerprint density at radius 1 is 1.00 bits per heavy atom. The monoisotopic (exact) mass is 236 g/mol. The van der Waals surface area contributed by atoms with Crippen molar-refractivity contribution in [1.82, 2.24) is 0 Å². The van der Waals surface area contributed by atoms with Crippen LogP contribution in [0.5, 0.6) is 0 Å². The van der Waals surface area contributed by atoms with E-state index in [9.17, 15) is 0 Å². The van der Waals surface area contributed by atoms with Gasteiger partial charge in [0.05, 0.1) is 0 Å². The van der Waals surface area contributed by atoms with Gasteiger partial charge in [-0.2, -0.15) is 0 Å². The SMILES string of the molecule is [Mn].[Mo].[SiH4].[V]. The zero-order chi connectivity index (χ0) is 0. The molecule has 0 fully saturated rings. The number of hydrogen-bond acceptors (Lipinski definition) is 0. The van der Waals surface area contributed by atoms with E-state index in [1.54, 1.807) is 0 Å². The maximum absolute atomic E-state index is 0. The van der Waals surface area contributed by atoms with Gasteiger partial charge in [0, 0.05) is 56.7 Å². The summed E-state index contributed by atoms with van der Waals surface area (Å²) in [6, 6.07) is 0. The summed E-state index contributed by atoms with van der Waals surface area (Å²) in [6.45, 7) is 0. The van der Waals surface area contributed by atoms with Crippen molar-refractivity contribution in [3.8, 4) is 0 Å². The molecule has 0 bridgehead atoms. The minimum absolute atomic E-state index is 0. The molecule has 0 nitrogen and oxygen atoms in total. The normalized spacial score (nSPS) is 0. The van der Waals surface area contributed by atoms with Gasteiger partial charge < -0.3 is 0 Å². The summed E-state index contributed by atoms with van der Waals surface area (Å²) >= 11 is 0. The second-order valence-corrected chi connectivity index (χ2v) is 0. The predicted octanol–water partition coefficient (Wildman–Crippen LogP) is -1.46. The summed E-state index contributed by atoms with van der Waals surface area (Å²) in [5.41, 5.74) is 0. The van der Waals surface area contributed by atoms with Crippen LogP contribution < -0.4 is 0 Å². The van der Waals surface area contributed by atoms with E-state index in [-0.39, 0.29) is 67.7 Å². The fourth-order valence-corrected chi connectivity index (χ4v) is 0. The maximum Gasteiger partial charge on any atom is 0 e. The van der Waals surface area contributed by atoms with Crippen molar-refractivity contribution >= 4 is 11.0 Å². The van der Waals surface area contributed by atoms with Gasteiger partial charge in [0.2, 0.25) is 0 Å². The minimum atomic E-state index is 0. The standard InChI is InChI=1S/Mn.Mo.H4Si.V/h;;1H4;. The van der Waals surface area contributed by atoms with E-state index in [4.69, 9.17) is 0 Å². The third-order valence-corrected chi connectivity index (χ3v) is 0. The van der Waals surface area contributed by atoms with Crippen molar-refractivity contribution in [3.05, 3.63) is 0 Å². The van der Waals surface area contributed by atoms with Crippen LogP contribution in [0.15, 0.2) is 0 Å². The summed E-state index contributed by atoms with van der Waals surface area (Å²) in [7, 11) is 0. The molecule has 0 spiro atoms. The van der Waals surface area contributed by atoms with Crippen LogP contribution in [0.25, 0.3) is 0 Å². The molecule has 0 aromatic carbocycles. The molecule has 0 heterocycles. The van der Waals surface area contributed by atoms with Crippen molar-refractivity contribution in [2.45, 2.75) is 0 Å². The Morgan fingerprint density at radius 2 is 1.00 bits per heavy atom. The molecule has 0 aliphatic heterocycles. The van der Waals surface area contributed by atoms with Crippen molar-refractivity contribution < 1.29 is 56.7 Å². The van der Waals surface area contributed by atoms with E-state index in [0.29, 0.717) is 0 Å². The van der Waals surface area contributed by atoms with Gasteiger partial charge >= 0.3 is 0 Å². The third kappa shape index (κ3) is 8.99. The van der Waals surface area contributed by atoms with E-state index >= 15 is 0 Å². The summed E-state index contributed by atoms with van der Waals surface area (Å²) in [5, 5.41) is 0. The van der Waals surface area contributed by atoms with Gasteiger partial charge in [0.25, 0.3) is 0 Å². The van der Waals surface area contributed by atoms with Crippen molar-refractivity contribution in [2.24, 2.45) is 0 Å². The van der Waals surface area contributed by atoms with E-state index in [0.717, 1.165) is 0 Å². The van der Waals surface area contributed by atoms with E-state index < -0.39 is 0 Å². The molecule has 0 saturated carbocycles. The smallest absolute Gasteiger partial charge is 0 e. The summed E-state index contributed by atoms with van der Waals surface area (Å²) < 4.78 is 0. The third-order valence-electron chi connectivity index (χ3n) is 0. The first kappa shape index (κ1) is 37.4. The molecular formula is H4MnMoSiV. The fourth-order valence-electron chi connectivity index (χ4n) is 0. The molecule has 0 amide bonds. The van der Waals surface area contributed by atoms with Crippen LogP contribution in [-0.4, -0.2) is 11.0 Å². The Bertz CT molecular complexity index is 8.00. The minimum Gasteiger partial charge on any atom is -0.0149 e. The Labute approximate surface area is 67.1 Å². The van der Waals surface area contributed by atoms with Crippen LogP contribution >= 0.6 is 0 Å². The Morgan fingerprint density at radius 3 is 1.00 bits per heavy atom. The van der Waals surface area contributed by atoms with Gasteiger partial charge in [0.15, 0.2) is 0 Å². The van der Waals surface area contributed by atoms with Crippen LogP contribution in [0.2, 0.25) is 0 Å². The van der Waals surface area contributed by atoms with E-state index in [2.05, 4.69) is 0 Å². The largest absolute Gasteiger partial charge is 0.0149 e. The zero-order valence-corrected chi connectivity index (χ0v) is 5.82. The van der Waals surface area contributed by atoms with E-state index in [1.165, 1.54) is 0 Å². The molecular weight excluding hydrogens is 230 g/mol. The average Bonchev–Trinajstić information content (AvgIpc) is 0. The van der Waals surface area contributed by atoms with Gasteiger partial charge in [-0.25, -0.2) is 0 Å². The van der Waals surface area contributed by atoms with Crippen LogP contribution in [0.4, 0.5) is 0 Å². The molecule has 0 unspecified atom stereocenters. The summed E-state index contributed by atoms with van der Waals surface area (Å²) in [4.78, 5) is 0. The molecule has 0 N–H and O–H groups in total. The maximum atomic E-state index is 0. The molecule has 0 saturated heterocycles. The zero-order valence-electron chi connectivity index (χ0n) is 1.23. The molecule has 4 heteroatoms. The number of rotatable bonds is 0.